The van der Waals surface area contributed by atoms with E-state index in [1.807, 2.05) is 61.5 Å². The van der Waals surface area contributed by atoms with Gasteiger partial charge in [0.1, 0.15) is 5.15 Å². The first-order valence-electron chi connectivity index (χ1n) is 8.27. The average molecular weight is 396 g/mol. The summed E-state index contributed by atoms with van der Waals surface area (Å²) in [5.41, 5.74) is 7.13. The van der Waals surface area contributed by atoms with E-state index in [0.29, 0.717) is 10.2 Å². The largest absolute Gasteiger partial charge is 0.278 e. The summed E-state index contributed by atoms with van der Waals surface area (Å²) in [5, 5.41) is 10.9. The molecule has 2 aromatic heterocycles. The fraction of sp³-hybridized carbons (Fsp3) is 0.0500. The zero-order chi connectivity index (χ0) is 18.8. The maximum absolute atomic E-state index is 6.52. The summed E-state index contributed by atoms with van der Waals surface area (Å²) in [4.78, 5) is 4.32. The van der Waals surface area contributed by atoms with Gasteiger partial charge in [0.05, 0.1) is 34.4 Å². The molecule has 0 aliphatic carbocycles. The first-order chi connectivity index (χ1) is 13.1. The second-order valence-electron chi connectivity index (χ2n) is 5.93. The fourth-order valence-corrected chi connectivity index (χ4v) is 3.27. The third kappa shape index (κ3) is 3.52. The highest BCUT2D eigenvalue weighted by Gasteiger charge is 2.13. The van der Waals surface area contributed by atoms with Crippen LogP contribution in [0.25, 0.3) is 16.6 Å². The van der Waals surface area contributed by atoms with Gasteiger partial charge in [-0.25, -0.2) is 4.68 Å². The Bertz CT molecular complexity index is 1140. The van der Waals surface area contributed by atoms with E-state index < -0.39 is 0 Å². The lowest BCUT2D eigenvalue weighted by Crippen LogP contribution is -1.96. The number of fused-ring (bicyclic) bond motifs is 1. The van der Waals surface area contributed by atoms with Crippen molar-refractivity contribution < 1.29 is 0 Å². The molecule has 1 N–H and O–H groups in total. The average Bonchev–Trinajstić information content (AvgIpc) is 2.96. The summed E-state index contributed by atoms with van der Waals surface area (Å²) in [7, 11) is 0. The topological polar surface area (TPSA) is 55.1 Å². The molecule has 0 amide bonds. The Balaban J connectivity index is 1.62. The quantitative estimate of drug-likeness (QED) is 0.367. The van der Waals surface area contributed by atoms with Gasteiger partial charge in [0.25, 0.3) is 0 Å². The van der Waals surface area contributed by atoms with Gasteiger partial charge in [-0.05, 0) is 43.3 Å². The second kappa shape index (κ2) is 7.39. The number of nitrogens with one attached hydrogen (secondary N) is 1. The van der Waals surface area contributed by atoms with Crippen molar-refractivity contribution in [3.05, 3.63) is 82.2 Å². The highest BCUT2D eigenvalue weighted by molar-refractivity contribution is 6.32. The van der Waals surface area contributed by atoms with Crippen molar-refractivity contribution in [2.75, 3.05) is 5.43 Å². The summed E-state index contributed by atoms with van der Waals surface area (Å²) >= 11 is 12.5. The molecule has 2 aromatic carbocycles. The van der Waals surface area contributed by atoms with Crippen LogP contribution >= 0.6 is 23.2 Å². The van der Waals surface area contributed by atoms with E-state index in [4.69, 9.17) is 23.2 Å². The molecule has 0 aliphatic heterocycles. The number of rotatable bonds is 4. The van der Waals surface area contributed by atoms with Crippen molar-refractivity contribution in [3.8, 4) is 5.69 Å². The Hall–Kier alpha value is -2.89. The van der Waals surface area contributed by atoms with Gasteiger partial charge in [-0.1, -0.05) is 41.4 Å². The fourth-order valence-electron chi connectivity index (χ4n) is 2.78. The molecular weight excluding hydrogens is 381 g/mol. The van der Waals surface area contributed by atoms with E-state index in [9.17, 15) is 0 Å². The molecule has 0 saturated carbocycles. The molecule has 2 heterocycles. The van der Waals surface area contributed by atoms with E-state index in [0.717, 1.165) is 33.5 Å². The number of aromatic nitrogens is 3. The van der Waals surface area contributed by atoms with E-state index in [1.165, 1.54) is 0 Å². The van der Waals surface area contributed by atoms with E-state index in [-0.39, 0.29) is 0 Å². The highest BCUT2D eigenvalue weighted by atomic mass is 35.5. The molecule has 4 rings (SSSR count). The molecule has 0 spiro atoms. The number of hydrogen-bond donors (Lipinski definition) is 1. The molecule has 7 heteroatoms. The first kappa shape index (κ1) is 17.5. The smallest absolute Gasteiger partial charge is 0.142 e. The Kier molecular flexibility index (Phi) is 4.79. The van der Waals surface area contributed by atoms with Crippen molar-refractivity contribution in [1.29, 1.82) is 0 Å². The SMILES string of the molecule is Cc1nn(-c2ccccc2)c(Cl)c1/C=N\Nc1ccnc2cc(Cl)ccc12. The maximum atomic E-state index is 6.52. The van der Waals surface area contributed by atoms with Gasteiger partial charge in [-0.3, -0.25) is 10.4 Å². The second-order valence-corrected chi connectivity index (χ2v) is 6.72. The molecule has 27 heavy (non-hydrogen) atoms. The molecule has 134 valence electrons. The maximum Gasteiger partial charge on any atom is 0.142 e. The number of aryl methyl sites for hydroxylation is 1. The van der Waals surface area contributed by atoms with Crippen LogP contribution < -0.4 is 5.43 Å². The van der Waals surface area contributed by atoms with Crippen LogP contribution in [-0.4, -0.2) is 21.0 Å². The number of benzene rings is 2. The third-order valence-electron chi connectivity index (χ3n) is 4.13. The van der Waals surface area contributed by atoms with Gasteiger partial charge < -0.3 is 0 Å². The van der Waals surface area contributed by atoms with Crippen molar-refractivity contribution in [2.24, 2.45) is 5.10 Å². The van der Waals surface area contributed by atoms with Gasteiger partial charge in [0.2, 0.25) is 0 Å². The predicted octanol–water partition coefficient (Wildman–Crippen LogP) is 5.48. The number of halogens is 2. The molecule has 0 atom stereocenters. The number of pyridine rings is 1. The van der Waals surface area contributed by atoms with Gasteiger partial charge >= 0.3 is 0 Å². The molecule has 0 bridgehead atoms. The van der Waals surface area contributed by atoms with Crippen LogP contribution in [0.5, 0.6) is 0 Å². The van der Waals surface area contributed by atoms with Gasteiger partial charge in [-0.2, -0.15) is 10.2 Å². The van der Waals surface area contributed by atoms with Crippen LogP contribution in [0.3, 0.4) is 0 Å². The van der Waals surface area contributed by atoms with Crippen LogP contribution in [0.15, 0.2) is 65.9 Å². The molecule has 0 radical (unpaired) electrons. The van der Waals surface area contributed by atoms with Crippen LogP contribution in [0.1, 0.15) is 11.3 Å². The predicted molar refractivity (Wildman–Crippen MR) is 111 cm³/mol. The molecule has 5 nitrogen and oxygen atoms in total. The molecule has 0 saturated heterocycles. The lowest BCUT2D eigenvalue weighted by molar-refractivity contribution is 0.863. The van der Waals surface area contributed by atoms with Crippen molar-refractivity contribution in [3.63, 3.8) is 0 Å². The molecule has 4 aromatic rings. The first-order valence-corrected chi connectivity index (χ1v) is 9.03. The number of hydrogen-bond acceptors (Lipinski definition) is 4. The Labute approximate surface area is 166 Å². The van der Waals surface area contributed by atoms with Crippen molar-refractivity contribution in [1.82, 2.24) is 14.8 Å². The van der Waals surface area contributed by atoms with E-state index in [2.05, 4.69) is 20.6 Å². The van der Waals surface area contributed by atoms with E-state index in [1.54, 1.807) is 17.1 Å². The molecule has 0 aliphatic rings. The lowest BCUT2D eigenvalue weighted by Gasteiger charge is -2.05. The zero-order valence-corrected chi connectivity index (χ0v) is 15.9. The lowest BCUT2D eigenvalue weighted by atomic mass is 10.2. The molecule has 0 fully saturated rings. The minimum Gasteiger partial charge on any atom is -0.278 e. The normalized spacial score (nSPS) is 11.4. The van der Waals surface area contributed by atoms with Gasteiger partial charge in [0, 0.05) is 16.6 Å². The van der Waals surface area contributed by atoms with Crippen molar-refractivity contribution >= 4 is 46.0 Å². The zero-order valence-electron chi connectivity index (χ0n) is 14.4. The standard InChI is InChI=1S/C20H15Cl2N5/c1-13-17(20(22)27(26-13)15-5-3-2-4-6-15)12-24-25-18-9-10-23-19-11-14(21)7-8-16(18)19/h2-12H,1H3,(H,23,25)/b24-12-. The third-order valence-corrected chi connectivity index (χ3v) is 4.73. The van der Waals surface area contributed by atoms with E-state index >= 15 is 0 Å². The number of para-hydroxylation sites is 1. The number of hydrazone groups is 1. The monoisotopic (exact) mass is 395 g/mol. The van der Waals surface area contributed by atoms with Crippen LogP contribution in [0.4, 0.5) is 5.69 Å². The minimum atomic E-state index is 0.510. The summed E-state index contributed by atoms with van der Waals surface area (Å²) in [6, 6.07) is 17.1. The van der Waals surface area contributed by atoms with Crippen LogP contribution in [0, 0.1) is 6.92 Å². The Morgan fingerprint density at radius 1 is 1.07 bits per heavy atom. The number of anilines is 1. The van der Waals surface area contributed by atoms with Crippen LogP contribution in [-0.2, 0) is 0 Å². The summed E-state index contributed by atoms with van der Waals surface area (Å²) in [6.45, 7) is 1.90. The summed E-state index contributed by atoms with van der Waals surface area (Å²) in [6.07, 6.45) is 3.38. The van der Waals surface area contributed by atoms with Gasteiger partial charge in [-0.15, -0.1) is 0 Å². The molecular formula is C20H15Cl2N5. The number of nitrogens with zero attached hydrogens (tertiary/aromatic N) is 4. The summed E-state index contributed by atoms with van der Waals surface area (Å²) < 4.78 is 1.70. The highest BCUT2D eigenvalue weighted by Crippen LogP contribution is 2.25. The van der Waals surface area contributed by atoms with Crippen molar-refractivity contribution in [2.45, 2.75) is 6.92 Å². The Morgan fingerprint density at radius 2 is 1.89 bits per heavy atom. The minimum absolute atomic E-state index is 0.510. The summed E-state index contributed by atoms with van der Waals surface area (Å²) in [5.74, 6) is 0. The van der Waals surface area contributed by atoms with Gasteiger partial charge in [0.15, 0.2) is 0 Å². The molecule has 0 unspecified atom stereocenters. The Morgan fingerprint density at radius 3 is 2.70 bits per heavy atom. The van der Waals surface area contributed by atoms with Crippen LogP contribution in [0.2, 0.25) is 10.2 Å².